The Morgan fingerprint density at radius 1 is 0.727 bits per heavy atom. The Morgan fingerprint density at radius 2 is 1.47 bits per heavy atom. The Balaban J connectivity index is 0.978. The van der Waals surface area contributed by atoms with Crippen molar-refractivity contribution in [2.75, 3.05) is 79.4 Å². The third-order valence-corrected chi connectivity index (χ3v) is 12.9. The number of nitrogens with one attached hydrogen (secondary N) is 2. The molecule has 0 saturated carbocycles. The number of benzene rings is 5. The van der Waals surface area contributed by atoms with Crippen molar-refractivity contribution >= 4 is 17.4 Å². The highest BCUT2D eigenvalue weighted by molar-refractivity contribution is 6.04. The van der Waals surface area contributed by atoms with Gasteiger partial charge in [-0.3, -0.25) is 14.6 Å². The second-order valence-electron chi connectivity index (χ2n) is 17.0. The molecule has 1 amide bonds. The predicted octanol–water partition coefficient (Wildman–Crippen LogP) is 9.69. The van der Waals surface area contributed by atoms with Gasteiger partial charge in [0.25, 0.3) is 5.91 Å². The highest BCUT2D eigenvalue weighted by atomic mass is 16.5. The number of anilines is 2. The molecule has 4 aliphatic heterocycles. The second-order valence-corrected chi connectivity index (χ2v) is 17.0. The van der Waals surface area contributed by atoms with Crippen LogP contribution in [0.4, 0.5) is 11.5 Å². The molecule has 0 radical (unpaired) electrons. The van der Waals surface area contributed by atoms with Crippen molar-refractivity contribution < 1.29 is 38.0 Å². The molecule has 5 aromatic carbocycles. The maximum atomic E-state index is 12.8. The summed E-state index contributed by atoms with van der Waals surface area (Å²) in [5.41, 5.74) is 8.05. The molecule has 66 heavy (non-hydrogen) atoms. The lowest BCUT2D eigenvalue weighted by molar-refractivity contribution is 0.102. The third-order valence-electron chi connectivity index (χ3n) is 12.9. The number of methoxy groups -OCH3 is 4. The van der Waals surface area contributed by atoms with E-state index >= 15 is 0 Å². The van der Waals surface area contributed by atoms with E-state index in [1.807, 2.05) is 36.4 Å². The minimum Gasteiger partial charge on any atom is -0.497 e. The summed E-state index contributed by atoms with van der Waals surface area (Å²) in [6, 6.07) is 31.8. The molecule has 6 bridgehead atoms. The molecule has 342 valence electrons. The van der Waals surface area contributed by atoms with E-state index in [0.717, 1.165) is 54.8 Å². The molecule has 6 aromatic rings. The van der Waals surface area contributed by atoms with Gasteiger partial charge in [-0.25, -0.2) is 4.98 Å². The van der Waals surface area contributed by atoms with Gasteiger partial charge in [-0.15, -0.1) is 0 Å². The largest absolute Gasteiger partial charge is 0.497 e. The number of pyridine rings is 1. The van der Waals surface area contributed by atoms with Gasteiger partial charge in [0, 0.05) is 55.2 Å². The molecule has 13 heteroatoms. The number of fused-ring (bicyclic) bond motifs is 2. The Kier molecular flexibility index (Phi) is 13.2. The van der Waals surface area contributed by atoms with Crippen molar-refractivity contribution in [2.45, 2.75) is 44.2 Å². The van der Waals surface area contributed by atoms with E-state index in [1.54, 1.807) is 52.8 Å². The molecule has 1 aromatic heterocycles. The zero-order valence-corrected chi connectivity index (χ0v) is 38.4. The maximum absolute atomic E-state index is 12.8. The van der Waals surface area contributed by atoms with Crippen LogP contribution in [-0.4, -0.2) is 89.5 Å². The number of amides is 1. The molecular formula is C53H57N5O8. The number of hydrogen-bond donors (Lipinski definition) is 2. The molecule has 0 saturated heterocycles. The van der Waals surface area contributed by atoms with Crippen LogP contribution in [-0.2, 0) is 25.7 Å². The van der Waals surface area contributed by atoms with Crippen LogP contribution in [0.1, 0.15) is 62.2 Å². The molecule has 4 aliphatic rings. The van der Waals surface area contributed by atoms with Crippen LogP contribution in [0.25, 0.3) is 0 Å². The van der Waals surface area contributed by atoms with Crippen molar-refractivity contribution in [2.24, 2.45) is 0 Å². The van der Waals surface area contributed by atoms with Gasteiger partial charge in [-0.2, -0.15) is 0 Å². The summed E-state index contributed by atoms with van der Waals surface area (Å²) in [4.78, 5) is 22.1. The zero-order chi connectivity index (χ0) is 45.7. The summed E-state index contributed by atoms with van der Waals surface area (Å²) >= 11 is 0. The van der Waals surface area contributed by atoms with Crippen molar-refractivity contribution in [3.8, 4) is 51.7 Å². The number of carbonyl (C=O) groups excluding carboxylic acids is 1. The van der Waals surface area contributed by atoms with Gasteiger partial charge >= 0.3 is 0 Å². The molecule has 2 N–H and O–H groups in total. The Labute approximate surface area is 386 Å². The van der Waals surface area contributed by atoms with E-state index < -0.39 is 0 Å². The first kappa shape index (κ1) is 44.3. The smallest absolute Gasteiger partial charge is 0.257 e. The highest BCUT2D eigenvalue weighted by Crippen LogP contribution is 2.52. The van der Waals surface area contributed by atoms with Crippen molar-refractivity contribution in [3.63, 3.8) is 0 Å². The Morgan fingerprint density at radius 3 is 2.23 bits per heavy atom. The summed E-state index contributed by atoms with van der Waals surface area (Å²) in [5, 5.41) is 6.23. The van der Waals surface area contributed by atoms with E-state index in [1.165, 1.54) is 16.7 Å². The van der Waals surface area contributed by atoms with E-state index in [2.05, 4.69) is 82.0 Å². The van der Waals surface area contributed by atoms with Gasteiger partial charge in [0.2, 0.25) is 5.75 Å². The normalized spacial score (nSPS) is 16.6. The molecule has 10 rings (SSSR count). The molecule has 0 spiro atoms. The van der Waals surface area contributed by atoms with Crippen molar-refractivity contribution in [1.29, 1.82) is 0 Å². The highest BCUT2D eigenvalue weighted by Gasteiger charge is 2.35. The van der Waals surface area contributed by atoms with Gasteiger partial charge in [0.15, 0.2) is 34.5 Å². The first-order chi connectivity index (χ1) is 32.2. The fourth-order valence-corrected chi connectivity index (χ4v) is 9.23. The molecule has 5 heterocycles. The number of nitrogens with zero attached hydrogens (tertiary/aromatic N) is 3. The van der Waals surface area contributed by atoms with Crippen molar-refractivity contribution in [3.05, 3.63) is 142 Å². The first-order valence-electron chi connectivity index (χ1n) is 22.5. The van der Waals surface area contributed by atoms with E-state index in [4.69, 9.17) is 33.2 Å². The Bertz CT molecular complexity index is 2690. The quantitative estimate of drug-likeness (QED) is 0.114. The molecule has 2 atom stereocenters. The fourth-order valence-electron chi connectivity index (χ4n) is 9.23. The molecule has 0 fully saturated rings. The SMILES string of the molecule is COc1cccc(NC(=O)c2ccc(NCCCOc3ccc4cc3Oc3ccc(cc3)CC3c5cc(c(OC)cc5CCN3C)Oc3c(OC)c(OC)cc5c3C(C4)N(C)CC5)nc2)c1. The van der Waals surface area contributed by atoms with Crippen LogP contribution in [0.2, 0.25) is 0 Å². The number of hydrogen-bond acceptors (Lipinski definition) is 12. The number of rotatable bonds is 12. The van der Waals surface area contributed by atoms with Gasteiger partial charge in [0.05, 0.1) is 40.6 Å². The lowest BCUT2D eigenvalue weighted by Gasteiger charge is -2.37. The monoisotopic (exact) mass is 891 g/mol. The van der Waals surface area contributed by atoms with Crippen molar-refractivity contribution in [1.82, 2.24) is 14.8 Å². The summed E-state index contributed by atoms with van der Waals surface area (Å²) in [6.45, 7) is 2.83. The van der Waals surface area contributed by atoms with E-state index in [9.17, 15) is 4.79 Å². The second kappa shape index (κ2) is 19.6. The van der Waals surface area contributed by atoms with Gasteiger partial charge < -0.3 is 43.8 Å². The molecular weight excluding hydrogens is 835 g/mol. The Hall–Kier alpha value is -6.96. The summed E-state index contributed by atoms with van der Waals surface area (Å²) in [6.07, 6.45) is 5.45. The molecule has 2 unspecified atom stereocenters. The average Bonchev–Trinajstić information content (AvgIpc) is 3.34. The standard InChI is InChI=1S/C53H57N5O8/c1-57-22-19-35-28-45(61-4)47-31-41(35)42(57)25-33-11-15-39(16-12-33)65-46-27-34(26-43-50-36(20-23-58(43)2)29-48(62-5)51(63-6)52(50)66-47)13-17-44(46)64-24-8-21-54-49-18-14-37(32-55-49)53(59)56-38-9-7-10-40(30-38)60-3/h7,9-18,27-32,42-43H,8,19-26H2,1-6H3,(H,54,55)(H,56,59). The average molecular weight is 892 g/mol. The fraction of sp³-hybridized carbons (Fsp3) is 0.321. The number of carbonyl (C=O) groups is 1. The summed E-state index contributed by atoms with van der Waals surface area (Å²) in [7, 11) is 11.0. The van der Waals surface area contributed by atoms with Crippen LogP contribution in [0.5, 0.6) is 51.7 Å². The van der Waals surface area contributed by atoms with Gasteiger partial charge in [0.1, 0.15) is 17.3 Å². The lowest BCUT2D eigenvalue weighted by Crippen LogP contribution is -2.34. The maximum Gasteiger partial charge on any atom is 0.257 e. The van der Waals surface area contributed by atoms with E-state index in [0.29, 0.717) is 89.1 Å². The molecule has 13 nitrogen and oxygen atoms in total. The topological polar surface area (TPSA) is 125 Å². The van der Waals surface area contributed by atoms with Gasteiger partial charge in [-0.1, -0.05) is 24.3 Å². The van der Waals surface area contributed by atoms with Crippen LogP contribution in [0, 0.1) is 0 Å². The predicted molar refractivity (Wildman–Crippen MR) is 255 cm³/mol. The van der Waals surface area contributed by atoms with Crippen LogP contribution < -0.4 is 43.8 Å². The zero-order valence-electron chi connectivity index (χ0n) is 38.4. The van der Waals surface area contributed by atoms with Crippen LogP contribution in [0.15, 0.2) is 103 Å². The van der Waals surface area contributed by atoms with Gasteiger partial charge in [-0.05, 0) is 141 Å². The minimum atomic E-state index is -0.252. The number of aromatic nitrogens is 1. The van der Waals surface area contributed by atoms with E-state index in [-0.39, 0.29) is 18.0 Å². The summed E-state index contributed by atoms with van der Waals surface area (Å²) in [5.74, 6) is 6.21. The van der Waals surface area contributed by atoms with Crippen LogP contribution >= 0.6 is 0 Å². The number of likely N-dealkylation sites (N-methyl/N-ethyl adjacent to an activating group) is 2. The summed E-state index contributed by atoms with van der Waals surface area (Å²) < 4.78 is 43.6. The lowest BCUT2D eigenvalue weighted by atomic mass is 9.87. The van der Waals surface area contributed by atoms with Crippen LogP contribution in [0.3, 0.4) is 0 Å². The molecule has 0 aliphatic carbocycles. The third kappa shape index (κ3) is 9.40. The number of ether oxygens (including phenoxy) is 7. The first-order valence-corrected chi connectivity index (χ1v) is 22.5. The minimum absolute atomic E-state index is 0.0695.